The van der Waals surface area contributed by atoms with Gasteiger partial charge in [-0.25, -0.2) is 0 Å². The summed E-state index contributed by atoms with van der Waals surface area (Å²) in [5, 5.41) is 14.8. The van der Waals surface area contributed by atoms with Gasteiger partial charge in [-0.2, -0.15) is 5.10 Å². The number of aliphatic hydroxyl groups excluding tert-OH is 1. The van der Waals surface area contributed by atoms with E-state index in [1.807, 2.05) is 52.2 Å². The maximum absolute atomic E-state index is 12.6. The van der Waals surface area contributed by atoms with E-state index in [9.17, 15) is 9.90 Å². The smallest absolute Gasteiger partial charge is 0.222 e. The van der Waals surface area contributed by atoms with Crippen molar-refractivity contribution in [3.05, 3.63) is 48.8 Å². The maximum Gasteiger partial charge on any atom is 0.222 e. The lowest BCUT2D eigenvalue weighted by molar-refractivity contribution is -0.130. The molecule has 1 aromatic carbocycles. The van der Waals surface area contributed by atoms with Crippen molar-refractivity contribution in [3.63, 3.8) is 0 Å². The highest BCUT2D eigenvalue weighted by Gasteiger charge is 2.43. The van der Waals surface area contributed by atoms with Gasteiger partial charge in [0.2, 0.25) is 5.91 Å². The number of nitrogens with zero attached hydrogens (tertiary/aromatic N) is 3. The fourth-order valence-electron chi connectivity index (χ4n) is 4.46. The van der Waals surface area contributed by atoms with Crippen LogP contribution >= 0.6 is 0 Å². The van der Waals surface area contributed by atoms with E-state index in [1.165, 1.54) is 0 Å². The molecule has 6 nitrogen and oxygen atoms in total. The number of carbonyl (C=O) groups is 1. The van der Waals surface area contributed by atoms with Gasteiger partial charge < -0.3 is 14.7 Å². The Morgan fingerprint density at radius 3 is 2.67 bits per heavy atom. The van der Waals surface area contributed by atoms with Crippen LogP contribution in [0.5, 0.6) is 5.75 Å². The van der Waals surface area contributed by atoms with Gasteiger partial charge in [0, 0.05) is 31.9 Å². The standard InChI is InChI=1S/C21H27N3O3/c25-20-13-17-15-23(14-16(17)12-19(20)24-10-5-9-22-24)21(26)8-4-11-27-18-6-2-1-3-7-18/h1-3,5-7,9-10,16-17,19-20,25H,4,8,11-15H2/t16-,17+,19-,20-/m1/s1. The third-order valence-electron chi connectivity index (χ3n) is 5.87. The third-order valence-corrected chi connectivity index (χ3v) is 5.87. The molecule has 0 radical (unpaired) electrons. The molecule has 6 heteroatoms. The molecular formula is C21H27N3O3. The van der Waals surface area contributed by atoms with Crippen molar-refractivity contribution in [2.24, 2.45) is 11.8 Å². The number of rotatable bonds is 6. The van der Waals surface area contributed by atoms with Crippen molar-refractivity contribution in [1.82, 2.24) is 14.7 Å². The second kappa shape index (κ2) is 8.13. The lowest BCUT2D eigenvalue weighted by Crippen LogP contribution is -2.36. The fraction of sp³-hybridized carbons (Fsp3) is 0.524. The van der Waals surface area contributed by atoms with Crippen LogP contribution in [-0.4, -0.2) is 51.5 Å². The highest BCUT2D eigenvalue weighted by molar-refractivity contribution is 5.76. The number of amides is 1. The van der Waals surface area contributed by atoms with Crippen LogP contribution in [0.1, 0.15) is 31.7 Å². The van der Waals surface area contributed by atoms with Crippen molar-refractivity contribution >= 4 is 5.91 Å². The minimum atomic E-state index is -0.388. The van der Waals surface area contributed by atoms with Crippen LogP contribution in [0.4, 0.5) is 0 Å². The first-order valence-corrected chi connectivity index (χ1v) is 9.83. The number of likely N-dealkylation sites (tertiary alicyclic amines) is 1. The molecule has 1 saturated heterocycles. The zero-order valence-corrected chi connectivity index (χ0v) is 15.5. The minimum Gasteiger partial charge on any atom is -0.494 e. The second-order valence-electron chi connectivity index (χ2n) is 7.68. The maximum atomic E-state index is 12.6. The van der Waals surface area contributed by atoms with Crippen molar-refractivity contribution in [1.29, 1.82) is 0 Å². The average molecular weight is 369 g/mol. The lowest BCUT2D eigenvalue weighted by atomic mass is 9.77. The molecule has 0 unspecified atom stereocenters. The third kappa shape index (κ3) is 4.16. The summed E-state index contributed by atoms with van der Waals surface area (Å²) >= 11 is 0. The van der Waals surface area contributed by atoms with Crippen LogP contribution in [-0.2, 0) is 4.79 Å². The number of para-hydroxylation sites is 1. The molecular weight excluding hydrogens is 342 g/mol. The first kappa shape index (κ1) is 18.0. The van der Waals surface area contributed by atoms with E-state index in [1.54, 1.807) is 6.20 Å². The van der Waals surface area contributed by atoms with Gasteiger partial charge >= 0.3 is 0 Å². The van der Waals surface area contributed by atoms with Gasteiger partial charge in [-0.15, -0.1) is 0 Å². The van der Waals surface area contributed by atoms with E-state index in [0.29, 0.717) is 24.9 Å². The summed E-state index contributed by atoms with van der Waals surface area (Å²) in [7, 11) is 0. The Labute approximate surface area is 159 Å². The summed E-state index contributed by atoms with van der Waals surface area (Å²) in [6, 6.07) is 11.6. The molecule has 1 saturated carbocycles. The molecule has 4 rings (SSSR count). The monoisotopic (exact) mass is 369 g/mol. The number of carbonyl (C=O) groups excluding carboxylic acids is 1. The van der Waals surface area contributed by atoms with Crippen LogP contribution in [0, 0.1) is 11.8 Å². The lowest BCUT2D eigenvalue weighted by Gasteiger charge is -2.35. The molecule has 2 aromatic rings. The molecule has 1 aromatic heterocycles. The predicted molar refractivity (Wildman–Crippen MR) is 101 cm³/mol. The van der Waals surface area contributed by atoms with E-state index in [-0.39, 0.29) is 18.1 Å². The number of aromatic nitrogens is 2. The molecule has 2 aliphatic rings. The zero-order chi connectivity index (χ0) is 18.6. The molecule has 4 atom stereocenters. The van der Waals surface area contributed by atoms with Crippen molar-refractivity contribution in [2.45, 2.75) is 37.8 Å². The summed E-state index contributed by atoms with van der Waals surface area (Å²) in [5.41, 5.74) is 0. The molecule has 1 amide bonds. The summed E-state index contributed by atoms with van der Waals surface area (Å²) in [6.45, 7) is 2.12. The number of ether oxygens (including phenoxy) is 1. The fourth-order valence-corrected chi connectivity index (χ4v) is 4.46. The van der Waals surface area contributed by atoms with Gasteiger partial charge in [0.1, 0.15) is 5.75 Å². The number of benzene rings is 1. The summed E-state index contributed by atoms with van der Waals surface area (Å²) in [5.74, 6) is 1.89. The molecule has 2 heterocycles. The summed E-state index contributed by atoms with van der Waals surface area (Å²) in [6.07, 6.45) is 6.14. The minimum absolute atomic E-state index is 0.0237. The van der Waals surface area contributed by atoms with E-state index >= 15 is 0 Å². The van der Waals surface area contributed by atoms with Gasteiger partial charge in [0.25, 0.3) is 0 Å². The molecule has 0 bridgehead atoms. The van der Waals surface area contributed by atoms with Crippen LogP contribution in [0.25, 0.3) is 0 Å². The summed E-state index contributed by atoms with van der Waals surface area (Å²) in [4.78, 5) is 14.6. The van der Waals surface area contributed by atoms with Gasteiger partial charge in [0.05, 0.1) is 18.8 Å². The average Bonchev–Trinajstić information content (AvgIpc) is 3.34. The van der Waals surface area contributed by atoms with Gasteiger partial charge in [-0.05, 0) is 49.3 Å². The number of aliphatic hydroxyl groups is 1. The molecule has 144 valence electrons. The van der Waals surface area contributed by atoms with E-state index in [2.05, 4.69) is 5.10 Å². The van der Waals surface area contributed by atoms with Crippen molar-refractivity contribution < 1.29 is 14.6 Å². The van der Waals surface area contributed by atoms with Crippen LogP contribution < -0.4 is 4.74 Å². The Kier molecular flexibility index (Phi) is 5.43. The normalized spacial score (nSPS) is 27.4. The Morgan fingerprint density at radius 1 is 1.15 bits per heavy atom. The van der Waals surface area contributed by atoms with E-state index < -0.39 is 0 Å². The quantitative estimate of drug-likeness (QED) is 0.795. The molecule has 1 aliphatic heterocycles. The Bertz CT molecular complexity index is 734. The van der Waals surface area contributed by atoms with Crippen LogP contribution in [0.2, 0.25) is 0 Å². The highest BCUT2D eigenvalue weighted by Crippen LogP contribution is 2.41. The number of fused-ring (bicyclic) bond motifs is 1. The van der Waals surface area contributed by atoms with E-state index in [4.69, 9.17) is 4.74 Å². The van der Waals surface area contributed by atoms with Gasteiger partial charge in [0.15, 0.2) is 0 Å². The first-order chi connectivity index (χ1) is 13.2. The molecule has 27 heavy (non-hydrogen) atoms. The van der Waals surface area contributed by atoms with Crippen molar-refractivity contribution in [3.8, 4) is 5.75 Å². The SMILES string of the molecule is O=C(CCCOc1ccccc1)N1C[C@H]2C[C@@H](n3cccn3)[C@H](O)C[C@H]2C1. The zero-order valence-electron chi connectivity index (χ0n) is 15.5. The molecule has 0 spiro atoms. The number of hydrogen-bond donors (Lipinski definition) is 1. The molecule has 1 aliphatic carbocycles. The Hall–Kier alpha value is -2.34. The van der Waals surface area contributed by atoms with Gasteiger partial charge in [-0.1, -0.05) is 18.2 Å². The van der Waals surface area contributed by atoms with Crippen molar-refractivity contribution in [2.75, 3.05) is 19.7 Å². The van der Waals surface area contributed by atoms with Crippen LogP contribution in [0.15, 0.2) is 48.8 Å². The summed E-state index contributed by atoms with van der Waals surface area (Å²) < 4.78 is 7.54. The Morgan fingerprint density at radius 2 is 1.93 bits per heavy atom. The van der Waals surface area contributed by atoms with Gasteiger partial charge in [-0.3, -0.25) is 9.48 Å². The van der Waals surface area contributed by atoms with E-state index in [0.717, 1.165) is 38.1 Å². The predicted octanol–water partition coefficient (Wildman–Crippen LogP) is 2.51. The topological polar surface area (TPSA) is 67.6 Å². The first-order valence-electron chi connectivity index (χ1n) is 9.83. The number of hydrogen-bond acceptors (Lipinski definition) is 4. The molecule has 1 N–H and O–H groups in total. The highest BCUT2D eigenvalue weighted by atomic mass is 16.5. The van der Waals surface area contributed by atoms with Crippen LogP contribution in [0.3, 0.4) is 0 Å². The molecule has 2 fully saturated rings. The largest absolute Gasteiger partial charge is 0.494 e. The second-order valence-corrected chi connectivity index (χ2v) is 7.68. The Balaban J connectivity index is 1.24.